The number of nitrogen functional groups attached to an aromatic ring is 1. The lowest BCUT2D eigenvalue weighted by molar-refractivity contribution is 0.0732. The molecule has 2 aromatic heterocycles. The number of aromatic nitrogens is 3. The number of aliphatic hydroxyl groups is 1. The van der Waals surface area contributed by atoms with Crippen LogP contribution in [0.1, 0.15) is 49.8 Å². The first-order valence-corrected chi connectivity index (χ1v) is 8.00. The number of rotatable bonds is 6. The van der Waals surface area contributed by atoms with Crippen LogP contribution in [-0.2, 0) is 13.0 Å². The molecule has 2 heterocycles. The van der Waals surface area contributed by atoms with Crippen molar-refractivity contribution in [2.75, 3.05) is 11.1 Å². The molecule has 1 aliphatic carbocycles. The number of hydrogen-bond donors (Lipinski definition) is 3. The quantitative estimate of drug-likeness (QED) is 0.748. The Bertz CT molecular complexity index is 664. The fraction of sp³-hybridized carbons (Fsp3) is 0.562. The van der Waals surface area contributed by atoms with E-state index in [1.807, 2.05) is 12.1 Å². The van der Waals surface area contributed by atoms with E-state index < -0.39 is 0 Å². The highest BCUT2D eigenvalue weighted by Gasteiger charge is 2.30. The Labute approximate surface area is 135 Å². The minimum Gasteiger partial charge on any atom is -0.393 e. The van der Waals surface area contributed by atoms with Gasteiger partial charge in [-0.3, -0.25) is 0 Å². The van der Waals surface area contributed by atoms with Crippen molar-refractivity contribution in [2.24, 2.45) is 5.92 Å². The summed E-state index contributed by atoms with van der Waals surface area (Å²) in [4.78, 5) is 8.46. The summed E-state index contributed by atoms with van der Waals surface area (Å²) >= 11 is 0. The van der Waals surface area contributed by atoms with Gasteiger partial charge in [-0.1, -0.05) is 19.0 Å². The van der Waals surface area contributed by atoms with E-state index in [0.29, 0.717) is 18.3 Å². The van der Waals surface area contributed by atoms with Crippen molar-refractivity contribution in [2.45, 2.75) is 51.7 Å². The van der Waals surface area contributed by atoms with Crippen molar-refractivity contribution in [3.05, 3.63) is 29.3 Å². The van der Waals surface area contributed by atoms with Gasteiger partial charge in [0.2, 0.25) is 5.95 Å². The van der Waals surface area contributed by atoms with Crippen LogP contribution in [0.5, 0.6) is 0 Å². The highest BCUT2D eigenvalue weighted by Crippen LogP contribution is 2.36. The molecule has 0 unspecified atom stereocenters. The van der Waals surface area contributed by atoms with Crippen LogP contribution in [0.25, 0.3) is 0 Å². The zero-order chi connectivity index (χ0) is 16.4. The van der Waals surface area contributed by atoms with E-state index in [2.05, 4.69) is 34.3 Å². The largest absolute Gasteiger partial charge is 0.393 e. The Morgan fingerprint density at radius 2 is 2.13 bits per heavy atom. The van der Waals surface area contributed by atoms with Crippen molar-refractivity contribution in [1.82, 2.24) is 15.1 Å². The molecule has 124 valence electrons. The van der Waals surface area contributed by atoms with Crippen molar-refractivity contribution in [3.63, 3.8) is 0 Å². The average Bonchev–Trinajstić information content (AvgIpc) is 2.88. The summed E-state index contributed by atoms with van der Waals surface area (Å²) in [5, 5.41) is 16.7. The van der Waals surface area contributed by atoms with Crippen molar-refractivity contribution in [1.29, 1.82) is 0 Å². The molecule has 0 spiro atoms. The molecule has 0 radical (unpaired) electrons. The maximum atomic E-state index is 9.43. The summed E-state index contributed by atoms with van der Waals surface area (Å²) < 4.78 is 5.32. The summed E-state index contributed by atoms with van der Waals surface area (Å²) in [5.41, 5.74) is 7.62. The first kappa shape index (κ1) is 15.7. The number of anilines is 2. The van der Waals surface area contributed by atoms with E-state index in [1.54, 1.807) is 0 Å². The molecule has 0 atom stereocenters. The van der Waals surface area contributed by atoms with Gasteiger partial charge in [-0.2, -0.15) is 4.98 Å². The molecular formula is C16H23N5O2. The highest BCUT2D eigenvalue weighted by atomic mass is 16.5. The van der Waals surface area contributed by atoms with Gasteiger partial charge >= 0.3 is 0 Å². The van der Waals surface area contributed by atoms with E-state index in [1.165, 1.54) is 0 Å². The second kappa shape index (κ2) is 6.54. The molecule has 0 aliphatic heterocycles. The SMILES string of the molecule is CC(C)Cc1cc(CNc2cc(C3CC(O)C3)nc(N)n2)on1. The van der Waals surface area contributed by atoms with Crippen LogP contribution < -0.4 is 11.1 Å². The van der Waals surface area contributed by atoms with Crippen molar-refractivity contribution in [3.8, 4) is 0 Å². The van der Waals surface area contributed by atoms with Crippen LogP contribution in [0.2, 0.25) is 0 Å². The first-order valence-electron chi connectivity index (χ1n) is 8.00. The van der Waals surface area contributed by atoms with Gasteiger partial charge in [0, 0.05) is 18.1 Å². The van der Waals surface area contributed by atoms with Gasteiger partial charge in [0.05, 0.1) is 24.0 Å². The van der Waals surface area contributed by atoms with Crippen LogP contribution in [0.3, 0.4) is 0 Å². The molecule has 7 heteroatoms. The molecule has 0 amide bonds. The molecule has 0 bridgehead atoms. The molecular weight excluding hydrogens is 294 g/mol. The van der Waals surface area contributed by atoms with Crippen LogP contribution in [-0.4, -0.2) is 26.3 Å². The molecule has 7 nitrogen and oxygen atoms in total. The number of nitrogens with zero attached hydrogens (tertiary/aromatic N) is 3. The Kier molecular flexibility index (Phi) is 4.47. The molecule has 4 N–H and O–H groups in total. The van der Waals surface area contributed by atoms with E-state index in [-0.39, 0.29) is 18.0 Å². The van der Waals surface area contributed by atoms with Gasteiger partial charge < -0.3 is 20.7 Å². The summed E-state index contributed by atoms with van der Waals surface area (Å²) in [5.74, 6) is 2.47. The third kappa shape index (κ3) is 3.98. The molecule has 0 saturated heterocycles. The van der Waals surface area contributed by atoms with Gasteiger partial charge in [-0.25, -0.2) is 4.98 Å². The predicted octanol–water partition coefficient (Wildman–Crippen LogP) is 2.10. The Morgan fingerprint density at radius 1 is 1.35 bits per heavy atom. The third-order valence-electron chi connectivity index (χ3n) is 3.96. The van der Waals surface area contributed by atoms with Crippen LogP contribution in [0.4, 0.5) is 11.8 Å². The molecule has 23 heavy (non-hydrogen) atoms. The van der Waals surface area contributed by atoms with E-state index in [0.717, 1.165) is 36.4 Å². The van der Waals surface area contributed by atoms with Crippen molar-refractivity contribution < 1.29 is 9.63 Å². The summed E-state index contributed by atoms with van der Waals surface area (Å²) in [6.45, 7) is 4.79. The van der Waals surface area contributed by atoms with Gasteiger partial charge in [-0.05, 0) is 25.2 Å². The highest BCUT2D eigenvalue weighted by molar-refractivity contribution is 5.42. The summed E-state index contributed by atoms with van der Waals surface area (Å²) in [7, 11) is 0. The lowest BCUT2D eigenvalue weighted by atomic mass is 9.80. The molecule has 2 aromatic rings. The first-order chi connectivity index (χ1) is 11.0. The van der Waals surface area contributed by atoms with Gasteiger partial charge in [0.25, 0.3) is 0 Å². The maximum absolute atomic E-state index is 9.43. The second-order valence-electron chi connectivity index (χ2n) is 6.59. The molecule has 0 aromatic carbocycles. The van der Waals surface area contributed by atoms with E-state index in [9.17, 15) is 5.11 Å². The maximum Gasteiger partial charge on any atom is 0.222 e. The molecule has 1 saturated carbocycles. The normalized spacial score (nSPS) is 20.5. The minimum absolute atomic E-state index is 0.221. The zero-order valence-corrected chi connectivity index (χ0v) is 13.5. The standard InChI is InChI=1S/C16H23N5O2/c1-9(2)3-11-6-13(23-21-11)8-18-15-7-14(19-16(17)20-15)10-4-12(22)5-10/h6-7,9-10,12,22H,3-5,8H2,1-2H3,(H3,17,18,19,20). The molecule has 3 rings (SSSR count). The zero-order valence-electron chi connectivity index (χ0n) is 13.5. The third-order valence-corrected chi connectivity index (χ3v) is 3.96. The number of nitrogens with two attached hydrogens (primary N) is 1. The smallest absolute Gasteiger partial charge is 0.222 e. The van der Waals surface area contributed by atoms with Crippen molar-refractivity contribution >= 4 is 11.8 Å². The summed E-state index contributed by atoms with van der Waals surface area (Å²) in [6, 6.07) is 3.85. The van der Waals surface area contributed by atoms with Crippen LogP contribution in [0, 0.1) is 5.92 Å². The van der Waals surface area contributed by atoms with Gasteiger partial charge in [0.15, 0.2) is 5.76 Å². The lowest BCUT2D eigenvalue weighted by Crippen LogP contribution is -2.27. The number of hydrogen-bond acceptors (Lipinski definition) is 7. The van der Waals surface area contributed by atoms with Crippen LogP contribution in [0.15, 0.2) is 16.7 Å². The minimum atomic E-state index is -0.221. The van der Waals surface area contributed by atoms with E-state index in [4.69, 9.17) is 10.3 Å². The van der Waals surface area contributed by atoms with E-state index >= 15 is 0 Å². The monoisotopic (exact) mass is 317 g/mol. The van der Waals surface area contributed by atoms with Crippen LogP contribution >= 0.6 is 0 Å². The molecule has 1 fully saturated rings. The Morgan fingerprint density at radius 3 is 2.83 bits per heavy atom. The Hall–Kier alpha value is -2.15. The fourth-order valence-corrected chi connectivity index (χ4v) is 2.75. The van der Waals surface area contributed by atoms with Gasteiger partial charge in [-0.15, -0.1) is 0 Å². The predicted molar refractivity (Wildman–Crippen MR) is 86.8 cm³/mol. The fourth-order valence-electron chi connectivity index (χ4n) is 2.75. The van der Waals surface area contributed by atoms with Gasteiger partial charge in [0.1, 0.15) is 5.82 Å². The summed E-state index contributed by atoms with van der Waals surface area (Å²) in [6.07, 6.45) is 2.15. The number of nitrogens with one attached hydrogen (secondary N) is 1. The number of aliphatic hydroxyl groups excluding tert-OH is 1. The molecule has 1 aliphatic rings. The Balaban J connectivity index is 1.62. The lowest BCUT2D eigenvalue weighted by Gasteiger charge is -2.30. The average molecular weight is 317 g/mol. The topological polar surface area (TPSA) is 110 Å². The second-order valence-corrected chi connectivity index (χ2v) is 6.59.